The van der Waals surface area contributed by atoms with Crippen molar-refractivity contribution in [3.8, 4) is 0 Å². The van der Waals surface area contributed by atoms with Gasteiger partial charge in [0.25, 0.3) is 5.91 Å². The van der Waals surface area contributed by atoms with E-state index in [4.69, 9.17) is 0 Å². The van der Waals surface area contributed by atoms with Crippen molar-refractivity contribution < 1.29 is 4.79 Å². The molecular formula is C9H10N4O2S. The van der Waals surface area contributed by atoms with Gasteiger partial charge in [-0.2, -0.15) is 5.10 Å². The van der Waals surface area contributed by atoms with Crippen LogP contribution in [0.3, 0.4) is 0 Å². The molecule has 84 valence electrons. The summed E-state index contributed by atoms with van der Waals surface area (Å²) in [7, 11) is 0. The third-order valence-corrected chi connectivity index (χ3v) is 2.80. The number of rotatable bonds is 3. The van der Waals surface area contributed by atoms with E-state index < -0.39 is 0 Å². The summed E-state index contributed by atoms with van der Waals surface area (Å²) in [5.41, 5.74) is 1.93. The van der Waals surface area contributed by atoms with Gasteiger partial charge in [-0.1, -0.05) is 11.3 Å². The Balaban J connectivity index is 1.99. The van der Waals surface area contributed by atoms with Crippen LogP contribution in [0.2, 0.25) is 0 Å². The van der Waals surface area contributed by atoms with E-state index in [-0.39, 0.29) is 10.8 Å². The first-order valence-corrected chi connectivity index (χ1v) is 5.49. The van der Waals surface area contributed by atoms with Crippen LogP contribution >= 0.6 is 11.3 Å². The minimum absolute atomic E-state index is 0.122. The molecular weight excluding hydrogens is 228 g/mol. The number of hydrogen-bond acceptors (Lipinski definition) is 4. The monoisotopic (exact) mass is 238 g/mol. The largest absolute Gasteiger partial charge is 0.346 e. The lowest BCUT2D eigenvalue weighted by Gasteiger charge is -2.01. The molecule has 0 saturated heterocycles. The third kappa shape index (κ3) is 2.19. The number of amides is 1. The molecule has 1 amide bonds. The van der Waals surface area contributed by atoms with Gasteiger partial charge in [-0.05, 0) is 6.92 Å². The quantitative estimate of drug-likeness (QED) is 0.722. The highest BCUT2D eigenvalue weighted by atomic mass is 32.1. The number of nitrogens with one attached hydrogen (secondary N) is 3. The molecule has 0 atom stereocenters. The lowest BCUT2D eigenvalue weighted by Crippen LogP contribution is -2.23. The van der Waals surface area contributed by atoms with Crippen molar-refractivity contribution in [3.05, 3.63) is 38.2 Å². The minimum Gasteiger partial charge on any atom is -0.346 e. The number of aryl methyl sites for hydroxylation is 1. The second-order valence-corrected chi connectivity index (χ2v) is 4.11. The van der Waals surface area contributed by atoms with Gasteiger partial charge in [-0.15, -0.1) is 0 Å². The van der Waals surface area contributed by atoms with Gasteiger partial charge in [0.1, 0.15) is 0 Å². The van der Waals surface area contributed by atoms with Gasteiger partial charge < -0.3 is 10.3 Å². The van der Waals surface area contributed by atoms with Crippen molar-refractivity contribution in [2.45, 2.75) is 13.5 Å². The van der Waals surface area contributed by atoms with E-state index in [1.807, 2.05) is 0 Å². The van der Waals surface area contributed by atoms with Crippen LogP contribution in [0.25, 0.3) is 0 Å². The second kappa shape index (κ2) is 4.31. The van der Waals surface area contributed by atoms with Gasteiger partial charge in [0, 0.05) is 16.8 Å². The van der Waals surface area contributed by atoms with E-state index in [0.717, 1.165) is 17.0 Å². The summed E-state index contributed by atoms with van der Waals surface area (Å²) < 4.78 is 0. The van der Waals surface area contributed by atoms with Gasteiger partial charge in [0.2, 0.25) is 0 Å². The average Bonchev–Trinajstić information content (AvgIpc) is 2.84. The fourth-order valence-electron chi connectivity index (χ4n) is 1.25. The molecule has 0 aliphatic carbocycles. The minimum atomic E-state index is -0.210. The molecule has 0 spiro atoms. The Kier molecular flexibility index (Phi) is 2.86. The van der Waals surface area contributed by atoms with Gasteiger partial charge in [-0.25, -0.2) is 0 Å². The molecule has 3 N–H and O–H groups in total. The van der Waals surface area contributed by atoms with Crippen LogP contribution in [0.1, 0.15) is 21.7 Å². The van der Waals surface area contributed by atoms with Crippen molar-refractivity contribution in [2.24, 2.45) is 0 Å². The van der Waals surface area contributed by atoms with Crippen LogP contribution in [0.15, 0.2) is 16.4 Å². The van der Waals surface area contributed by atoms with E-state index >= 15 is 0 Å². The SMILES string of the molecule is Cc1[nH]ncc1C(=O)NCc1csc(=O)[nH]1. The van der Waals surface area contributed by atoms with Crippen LogP contribution < -0.4 is 10.2 Å². The molecule has 0 bridgehead atoms. The first-order chi connectivity index (χ1) is 7.66. The van der Waals surface area contributed by atoms with Crippen molar-refractivity contribution >= 4 is 17.2 Å². The van der Waals surface area contributed by atoms with Crippen molar-refractivity contribution in [2.75, 3.05) is 0 Å². The molecule has 16 heavy (non-hydrogen) atoms. The van der Waals surface area contributed by atoms with E-state index in [0.29, 0.717) is 17.8 Å². The Hall–Kier alpha value is -1.89. The van der Waals surface area contributed by atoms with Gasteiger partial charge in [0.15, 0.2) is 0 Å². The predicted molar refractivity (Wildman–Crippen MR) is 59.4 cm³/mol. The van der Waals surface area contributed by atoms with E-state index in [2.05, 4.69) is 20.5 Å². The van der Waals surface area contributed by atoms with Gasteiger partial charge >= 0.3 is 4.87 Å². The maximum absolute atomic E-state index is 11.6. The maximum atomic E-state index is 11.6. The van der Waals surface area contributed by atoms with Crippen LogP contribution in [-0.2, 0) is 6.54 Å². The number of nitrogens with zero attached hydrogens (tertiary/aromatic N) is 1. The summed E-state index contributed by atoms with van der Waals surface area (Å²) >= 11 is 1.08. The van der Waals surface area contributed by atoms with E-state index in [1.165, 1.54) is 6.20 Å². The molecule has 2 heterocycles. The van der Waals surface area contributed by atoms with Crippen molar-refractivity contribution in [1.82, 2.24) is 20.5 Å². The zero-order valence-corrected chi connectivity index (χ0v) is 9.35. The lowest BCUT2D eigenvalue weighted by molar-refractivity contribution is 0.0950. The summed E-state index contributed by atoms with van der Waals surface area (Å²) in [6, 6.07) is 0. The standard InChI is InChI=1S/C9H10N4O2S/c1-5-7(3-11-13-5)8(14)10-2-6-4-16-9(15)12-6/h3-4H,2H2,1H3,(H,10,14)(H,11,13)(H,12,15). The zero-order valence-electron chi connectivity index (χ0n) is 8.53. The molecule has 0 radical (unpaired) electrons. The molecule has 6 nitrogen and oxygen atoms in total. The second-order valence-electron chi connectivity index (χ2n) is 3.26. The fraction of sp³-hybridized carbons (Fsp3) is 0.222. The summed E-state index contributed by atoms with van der Waals surface area (Å²) in [5.74, 6) is -0.210. The Labute approximate surface area is 94.7 Å². The zero-order chi connectivity index (χ0) is 11.5. The van der Waals surface area contributed by atoms with E-state index in [9.17, 15) is 9.59 Å². The maximum Gasteiger partial charge on any atom is 0.304 e. The topological polar surface area (TPSA) is 90.6 Å². The Morgan fingerprint density at radius 2 is 2.44 bits per heavy atom. The molecule has 0 saturated carbocycles. The number of aromatic nitrogens is 3. The fourth-order valence-corrected chi connectivity index (χ4v) is 1.83. The number of aromatic amines is 2. The van der Waals surface area contributed by atoms with Gasteiger partial charge in [0.05, 0.1) is 18.3 Å². The summed E-state index contributed by atoms with van der Waals surface area (Å²) in [6.07, 6.45) is 1.47. The molecule has 2 aromatic rings. The number of H-pyrrole nitrogens is 2. The van der Waals surface area contributed by atoms with E-state index in [1.54, 1.807) is 12.3 Å². The van der Waals surface area contributed by atoms with Crippen molar-refractivity contribution in [1.29, 1.82) is 0 Å². The highest BCUT2D eigenvalue weighted by Crippen LogP contribution is 2.02. The molecule has 7 heteroatoms. The molecule has 0 fully saturated rings. The lowest BCUT2D eigenvalue weighted by atomic mass is 10.2. The number of carbonyl (C=O) groups is 1. The molecule has 0 unspecified atom stereocenters. The molecule has 0 aliphatic rings. The molecule has 2 rings (SSSR count). The first-order valence-electron chi connectivity index (χ1n) is 4.61. The Morgan fingerprint density at radius 3 is 3.00 bits per heavy atom. The highest BCUT2D eigenvalue weighted by molar-refractivity contribution is 7.07. The van der Waals surface area contributed by atoms with Gasteiger partial charge in [-0.3, -0.25) is 14.7 Å². The predicted octanol–water partition coefficient (Wildman–Crippen LogP) is 0.398. The molecule has 0 aliphatic heterocycles. The number of carbonyl (C=O) groups excluding carboxylic acids is 1. The number of thiazole rings is 1. The van der Waals surface area contributed by atoms with Crippen LogP contribution in [0.5, 0.6) is 0 Å². The summed E-state index contributed by atoms with van der Waals surface area (Å²) in [4.78, 5) is 25.0. The third-order valence-electron chi connectivity index (χ3n) is 2.08. The highest BCUT2D eigenvalue weighted by Gasteiger charge is 2.10. The Morgan fingerprint density at radius 1 is 1.62 bits per heavy atom. The first kappa shape index (κ1) is 10.6. The van der Waals surface area contributed by atoms with Crippen LogP contribution in [0, 0.1) is 6.92 Å². The Bertz CT molecular complexity index is 554. The molecule has 2 aromatic heterocycles. The summed E-state index contributed by atoms with van der Waals surface area (Å²) in [5, 5.41) is 10.8. The normalized spacial score (nSPS) is 10.3. The molecule has 0 aromatic carbocycles. The number of hydrogen-bond donors (Lipinski definition) is 3. The van der Waals surface area contributed by atoms with Crippen LogP contribution in [0.4, 0.5) is 0 Å². The summed E-state index contributed by atoms with van der Waals surface area (Å²) in [6.45, 7) is 2.08. The smallest absolute Gasteiger partial charge is 0.304 e. The van der Waals surface area contributed by atoms with Crippen molar-refractivity contribution in [3.63, 3.8) is 0 Å². The average molecular weight is 238 g/mol. The van der Waals surface area contributed by atoms with Crippen LogP contribution in [-0.4, -0.2) is 21.1 Å².